The maximum Gasteiger partial charge on any atom is 0.201 e. The van der Waals surface area contributed by atoms with E-state index in [4.69, 9.17) is 10.5 Å². The third kappa shape index (κ3) is 1.45. The Morgan fingerprint density at radius 1 is 1.20 bits per heavy atom. The molecule has 20 heavy (non-hydrogen) atoms. The van der Waals surface area contributed by atoms with Gasteiger partial charge in [-0.2, -0.15) is 0 Å². The van der Waals surface area contributed by atoms with Crippen molar-refractivity contribution in [3.8, 4) is 5.75 Å². The van der Waals surface area contributed by atoms with Gasteiger partial charge in [-0.1, -0.05) is 30.3 Å². The maximum absolute atomic E-state index is 6.16. The second-order valence-electron chi connectivity index (χ2n) is 5.15. The Hall–Kier alpha value is -2.49. The SMILES string of the molecule is Cc1cccc2nc(N)n(C3COc4ccccc43)c12. The highest BCUT2D eigenvalue weighted by Crippen LogP contribution is 2.38. The van der Waals surface area contributed by atoms with Gasteiger partial charge in [-0.3, -0.25) is 4.57 Å². The third-order valence-electron chi connectivity index (χ3n) is 3.93. The number of para-hydroxylation sites is 2. The summed E-state index contributed by atoms with van der Waals surface area (Å²) < 4.78 is 7.87. The summed E-state index contributed by atoms with van der Waals surface area (Å²) in [6.07, 6.45) is 0. The first-order chi connectivity index (χ1) is 9.75. The first kappa shape index (κ1) is 11.3. The molecule has 0 amide bonds. The number of aryl methyl sites for hydroxylation is 1. The number of aromatic nitrogens is 2. The standard InChI is InChI=1S/C16H15N3O/c1-10-5-4-7-12-15(10)19(16(17)18-12)13-9-20-14-8-3-2-6-11(13)14/h2-8,13H,9H2,1H3,(H2,17,18). The summed E-state index contributed by atoms with van der Waals surface area (Å²) in [6, 6.07) is 14.3. The lowest BCUT2D eigenvalue weighted by Crippen LogP contribution is -2.15. The van der Waals surface area contributed by atoms with Gasteiger partial charge in [0.15, 0.2) is 0 Å². The van der Waals surface area contributed by atoms with Crippen LogP contribution in [0.3, 0.4) is 0 Å². The fraction of sp³-hybridized carbons (Fsp3) is 0.188. The zero-order chi connectivity index (χ0) is 13.7. The van der Waals surface area contributed by atoms with Crippen LogP contribution >= 0.6 is 0 Å². The van der Waals surface area contributed by atoms with Gasteiger partial charge in [0.2, 0.25) is 5.95 Å². The van der Waals surface area contributed by atoms with Crippen molar-refractivity contribution >= 4 is 17.0 Å². The quantitative estimate of drug-likeness (QED) is 0.736. The molecule has 1 aliphatic heterocycles. The van der Waals surface area contributed by atoms with Crippen molar-refractivity contribution in [2.45, 2.75) is 13.0 Å². The van der Waals surface area contributed by atoms with E-state index in [-0.39, 0.29) is 6.04 Å². The number of nitrogens with zero attached hydrogens (tertiary/aromatic N) is 2. The minimum absolute atomic E-state index is 0.0947. The highest BCUT2D eigenvalue weighted by Gasteiger charge is 2.28. The van der Waals surface area contributed by atoms with Crippen molar-refractivity contribution in [3.63, 3.8) is 0 Å². The predicted octanol–water partition coefficient (Wildman–Crippen LogP) is 2.91. The second kappa shape index (κ2) is 4.00. The summed E-state index contributed by atoms with van der Waals surface area (Å²) in [5.41, 5.74) is 10.5. The van der Waals surface area contributed by atoms with Gasteiger partial charge in [-0.15, -0.1) is 0 Å². The first-order valence-electron chi connectivity index (χ1n) is 6.70. The van der Waals surface area contributed by atoms with Crippen LogP contribution < -0.4 is 10.5 Å². The van der Waals surface area contributed by atoms with Crippen LogP contribution in [0, 0.1) is 6.92 Å². The number of benzene rings is 2. The minimum atomic E-state index is 0.0947. The van der Waals surface area contributed by atoms with E-state index in [1.165, 1.54) is 11.1 Å². The van der Waals surface area contributed by atoms with Crippen LogP contribution in [0.25, 0.3) is 11.0 Å². The first-order valence-corrected chi connectivity index (χ1v) is 6.70. The fourth-order valence-electron chi connectivity index (χ4n) is 3.01. The molecule has 2 heterocycles. The van der Waals surface area contributed by atoms with Gasteiger partial charge < -0.3 is 10.5 Å². The van der Waals surface area contributed by atoms with Crippen LogP contribution in [0.15, 0.2) is 42.5 Å². The van der Waals surface area contributed by atoms with Crippen molar-refractivity contribution in [2.24, 2.45) is 0 Å². The zero-order valence-corrected chi connectivity index (χ0v) is 11.2. The molecule has 0 bridgehead atoms. The monoisotopic (exact) mass is 265 g/mol. The van der Waals surface area contributed by atoms with Crippen LogP contribution in [0.1, 0.15) is 17.2 Å². The molecule has 4 heteroatoms. The number of anilines is 1. The average molecular weight is 265 g/mol. The predicted molar refractivity (Wildman–Crippen MR) is 79.0 cm³/mol. The highest BCUT2D eigenvalue weighted by atomic mass is 16.5. The van der Waals surface area contributed by atoms with E-state index < -0.39 is 0 Å². The summed E-state index contributed by atoms with van der Waals surface area (Å²) in [6.45, 7) is 2.69. The molecule has 100 valence electrons. The fourth-order valence-corrected chi connectivity index (χ4v) is 3.01. The van der Waals surface area contributed by atoms with Gasteiger partial charge in [0.25, 0.3) is 0 Å². The van der Waals surface area contributed by atoms with E-state index in [1.54, 1.807) is 0 Å². The lowest BCUT2D eigenvalue weighted by Gasteiger charge is -2.15. The number of rotatable bonds is 1. The Bertz CT molecular complexity index is 807. The Morgan fingerprint density at radius 2 is 2.05 bits per heavy atom. The van der Waals surface area contributed by atoms with Gasteiger partial charge in [-0.25, -0.2) is 4.98 Å². The molecular formula is C16H15N3O. The van der Waals surface area contributed by atoms with Crippen molar-refractivity contribution < 1.29 is 4.74 Å². The number of hydrogen-bond donors (Lipinski definition) is 1. The van der Waals surface area contributed by atoms with E-state index in [0.717, 1.165) is 16.8 Å². The van der Waals surface area contributed by atoms with E-state index in [9.17, 15) is 0 Å². The van der Waals surface area contributed by atoms with Crippen molar-refractivity contribution in [1.29, 1.82) is 0 Å². The van der Waals surface area contributed by atoms with Crippen LogP contribution in [-0.2, 0) is 0 Å². The molecule has 2 N–H and O–H groups in total. The van der Waals surface area contributed by atoms with Crippen LogP contribution in [-0.4, -0.2) is 16.2 Å². The molecule has 4 rings (SSSR count). The molecule has 1 unspecified atom stereocenters. The summed E-state index contributed by atoms with van der Waals surface area (Å²) >= 11 is 0. The van der Waals surface area contributed by atoms with E-state index >= 15 is 0 Å². The van der Waals surface area contributed by atoms with E-state index in [2.05, 4.69) is 28.6 Å². The second-order valence-corrected chi connectivity index (χ2v) is 5.15. The normalized spacial score (nSPS) is 17.1. The Kier molecular flexibility index (Phi) is 2.27. The molecule has 1 atom stereocenters. The Morgan fingerprint density at radius 3 is 2.95 bits per heavy atom. The topological polar surface area (TPSA) is 53.1 Å². The van der Waals surface area contributed by atoms with Gasteiger partial charge in [0.1, 0.15) is 12.4 Å². The summed E-state index contributed by atoms with van der Waals surface area (Å²) in [4.78, 5) is 4.48. The largest absolute Gasteiger partial charge is 0.491 e. The molecule has 0 spiro atoms. The molecule has 0 saturated carbocycles. The number of ether oxygens (including phenoxy) is 1. The molecular weight excluding hydrogens is 250 g/mol. The third-order valence-corrected chi connectivity index (χ3v) is 3.93. The number of fused-ring (bicyclic) bond motifs is 2. The highest BCUT2D eigenvalue weighted by molar-refractivity contribution is 5.82. The van der Waals surface area contributed by atoms with Crippen LogP contribution in [0.2, 0.25) is 0 Å². The smallest absolute Gasteiger partial charge is 0.201 e. The van der Waals surface area contributed by atoms with Crippen LogP contribution in [0.5, 0.6) is 5.75 Å². The lowest BCUT2D eigenvalue weighted by molar-refractivity contribution is 0.320. The molecule has 0 fully saturated rings. The maximum atomic E-state index is 6.16. The van der Waals surface area contributed by atoms with Crippen molar-refractivity contribution in [3.05, 3.63) is 53.6 Å². The van der Waals surface area contributed by atoms with Gasteiger partial charge in [0, 0.05) is 5.56 Å². The lowest BCUT2D eigenvalue weighted by atomic mass is 10.1. The number of nitrogen functional groups attached to an aromatic ring is 1. The molecule has 1 aromatic heterocycles. The van der Waals surface area contributed by atoms with Crippen LogP contribution in [0.4, 0.5) is 5.95 Å². The summed E-state index contributed by atoms with van der Waals surface area (Å²) in [7, 11) is 0. The molecule has 1 aliphatic rings. The Balaban J connectivity index is 1.98. The molecule has 0 aliphatic carbocycles. The van der Waals surface area contributed by atoms with E-state index in [0.29, 0.717) is 12.6 Å². The molecule has 2 aromatic carbocycles. The number of hydrogen-bond acceptors (Lipinski definition) is 3. The van der Waals surface area contributed by atoms with Gasteiger partial charge in [0.05, 0.1) is 17.1 Å². The number of imidazole rings is 1. The minimum Gasteiger partial charge on any atom is -0.491 e. The number of nitrogens with two attached hydrogens (primary N) is 1. The van der Waals surface area contributed by atoms with Gasteiger partial charge in [-0.05, 0) is 24.6 Å². The van der Waals surface area contributed by atoms with Crippen molar-refractivity contribution in [2.75, 3.05) is 12.3 Å². The van der Waals surface area contributed by atoms with E-state index in [1.807, 2.05) is 30.3 Å². The summed E-state index contributed by atoms with van der Waals surface area (Å²) in [5.74, 6) is 1.48. The van der Waals surface area contributed by atoms with Crippen molar-refractivity contribution in [1.82, 2.24) is 9.55 Å². The molecule has 3 aromatic rings. The Labute approximate surface area is 116 Å². The average Bonchev–Trinajstić information content (AvgIpc) is 3.00. The molecule has 0 saturated heterocycles. The van der Waals surface area contributed by atoms with Gasteiger partial charge >= 0.3 is 0 Å². The molecule has 0 radical (unpaired) electrons. The zero-order valence-electron chi connectivity index (χ0n) is 11.2. The molecule has 4 nitrogen and oxygen atoms in total. The summed E-state index contributed by atoms with van der Waals surface area (Å²) in [5, 5.41) is 0.